The van der Waals surface area contributed by atoms with Gasteiger partial charge in [-0.1, -0.05) is 0 Å². The van der Waals surface area contributed by atoms with Crippen molar-refractivity contribution in [1.82, 2.24) is 0 Å². The maximum absolute atomic E-state index is 5.17. The molecule has 1 nitrogen and oxygen atoms in total. The molecular formula is HClOSn2. The first-order valence-electron chi connectivity index (χ1n) is 0.629. The molecular weight excluding hydrogens is 289 g/mol. The van der Waals surface area contributed by atoms with E-state index in [1.54, 1.807) is 0 Å². The van der Waals surface area contributed by atoms with Crippen molar-refractivity contribution in [2.45, 2.75) is 0 Å². The van der Waals surface area contributed by atoms with Gasteiger partial charge >= 0.3 is 53.7 Å². The zero-order valence-electron chi connectivity index (χ0n) is 1.86. The third kappa shape index (κ3) is 3.85. The third-order valence-electron chi connectivity index (χ3n) is 0.0445. The van der Waals surface area contributed by atoms with Crippen LogP contribution in [0, 0.1) is 0 Å². The molecule has 0 spiro atoms. The Morgan fingerprint density at radius 1 is 2.00 bits per heavy atom. The van der Waals surface area contributed by atoms with Crippen LogP contribution in [-0.4, -0.2) is 43.4 Å². The van der Waals surface area contributed by atoms with Crippen molar-refractivity contribution in [2.24, 2.45) is 0 Å². The first kappa shape index (κ1) is 5.85. The van der Waals surface area contributed by atoms with Crippen molar-refractivity contribution >= 4 is 52.3 Å². The van der Waals surface area contributed by atoms with Crippen molar-refractivity contribution in [3.8, 4) is 0 Å². The summed E-state index contributed by atoms with van der Waals surface area (Å²) in [6.07, 6.45) is 0. The summed E-state index contributed by atoms with van der Waals surface area (Å²) in [6, 6.07) is 0. The summed E-state index contributed by atoms with van der Waals surface area (Å²) in [4.78, 5) is 0. The SMILES string of the molecule is [Cl][Sn][O][SnH]. The van der Waals surface area contributed by atoms with Gasteiger partial charge < -0.3 is 0 Å². The van der Waals surface area contributed by atoms with Crippen molar-refractivity contribution < 1.29 is 1.41 Å². The Labute approximate surface area is 53.2 Å². The molecule has 0 aromatic heterocycles. The van der Waals surface area contributed by atoms with Gasteiger partial charge in [-0.2, -0.15) is 0 Å². The molecule has 0 saturated carbocycles. The molecule has 0 aliphatic carbocycles. The second-order valence-electron chi connectivity index (χ2n) is 0.195. The van der Waals surface area contributed by atoms with Crippen LogP contribution in [0.25, 0.3) is 0 Å². The summed E-state index contributed by atoms with van der Waals surface area (Å²) >= 11 is 0.138. The standard InChI is InChI=1S/ClH.O.2Sn.H/h1H;;;;/q;;;+1;/p-1. The van der Waals surface area contributed by atoms with Gasteiger partial charge in [-0.3, -0.25) is 0 Å². The van der Waals surface area contributed by atoms with Crippen molar-refractivity contribution in [2.75, 3.05) is 0 Å². The van der Waals surface area contributed by atoms with Crippen LogP contribution in [0.5, 0.6) is 0 Å². The molecule has 0 fully saturated rings. The molecule has 0 amide bonds. The molecule has 0 N–H and O–H groups in total. The van der Waals surface area contributed by atoms with Gasteiger partial charge in [0.1, 0.15) is 0 Å². The first-order chi connectivity index (χ1) is 1.91. The van der Waals surface area contributed by atoms with E-state index in [-0.39, 0.29) is 0 Å². The van der Waals surface area contributed by atoms with E-state index in [9.17, 15) is 0 Å². The van der Waals surface area contributed by atoms with Gasteiger partial charge in [0.25, 0.3) is 0 Å². The van der Waals surface area contributed by atoms with E-state index in [4.69, 9.17) is 8.92 Å². The van der Waals surface area contributed by atoms with E-state index in [0.717, 1.165) is 22.9 Å². The van der Waals surface area contributed by atoms with Crippen LogP contribution in [0.1, 0.15) is 0 Å². The predicted molar refractivity (Wildman–Crippen MR) is 19.8 cm³/mol. The average molecular weight is 290 g/mol. The van der Waals surface area contributed by atoms with Gasteiger partial charge in [0.15, 0.2) is 0 Å². The second-order valence-corrected chi connectivity index (χ2v) is 6.86. The Kier molecular flexibility index (Phi) is 7.09. The quantitative estimate of drug-likeness (QED) is 0.597. The van der Waals surface area contributed by atoms with Crippen LogP contribution < -0.4 is 0 Å². The zero-order valence-corrected chi connectivity index (χ0v) is 8.77. The number of hydrogen-bond donors (Lipinski definition) is 0. The van der Waals surface area contributed by atoms with Crippen molar-refractivity contribution in [3.05, 3.63) is 0 Å². The van der Waals surface area contributed by atoms with Gasteiger partial charge in [0.2, 0.25) is 0 Å². The Hall–Kier alpha value is 1.85. The molecule has 4 heavy (non-hydrogen) atoms. The summed E-state index contributed by atoms with van der Waals surface area (Å²) in [7, 11) is 5.17. The van der Waals surface area contributed by atoms with E-state index in [0.29, 0.717) is 0 Å². The summed E-state index contributed by atoms with van der Waals surface area (Å²) in [5, 5.41) is 0. The maximum atomic E-state index is 5.17. The van der Waals surface area contributed by atoms with E-state index < -0.39 is 20.4 Å². The topological polar surface area (TPSA) is 9.23 Å². The summed E-state index contributed by atoms with van der Waals surface area (Å²) < 4.78 is 4.61. The van der Waals surface area contributed by atoms with Crippen LogP contribution >= 0.6 is 8.92 Å². The molecule has 0 bridgehead atoms. The molecule has 0 aliphatic rings. The predicted octanol–water partition coefficient (Wildman–Crippen LogP) is -0.408. The van der Waals surface area contributed by atoms with E-state index >= 15 is 0 Å². The van der Waals surface area contributed by atoms with Gasteiger partial charge in [0, 0.05) is 0 Å². The molecule has 0 rings (SSSR count). The van der Waals surface area contributed by atoms with Crippen molar-refractivity contribution in [1.29, 1.82) is 0 Å². The molecule has 0 heterocycles. The number of halogens is 1. The summed E-state index contributed by atoms with van der Waals surface area (Å²) in [5.41, 5.74) is 0. The normalized spacial score (nSPS) is 7.50. The summed E-state index contributed by atoms with van der Waals surface area (Å²) in [6.45, 7) is 0. The molecule has 4 radical (unpaired) electrons. The van der Waals surface area contributed by atoms with E-state index in [2.05, 4.69) is 1.41 Å². The Morgan fingerprint density at radius 2 is 2.25 bits per heavy atom. The van der Waals surface area contributed by atoms with Gasteiger partial charge in [-0.15, -0.1) is 0 Å². The molecule has 0 saturated heterocycles. The van der Waals surface area contributed by atoms with Crippen LogP contribution in [0.15, 0.2) is 0 Å². The molecule has 0 unspecified atom stereocenters. The third-order valence-corrected chi connectivity index (χ3v) is 6.01. The molecule has 22 valence electrons. The Bertz CT molecular complexity index is 8.00. The van der Waals surface area contributed by atoms with E-state index in [1.165, 1.54) is 0 Å². The number of hydrogen-bond acceptors (Lipinski definition) is 1. The minimum absolute atomic E-state index is 0.746. The van der Waals surface area contributed by atoms with Crippen LogP contribution in [0.2, 0.25) is 0 Å². The van der Waals surface area contributed by atoms with Crippen LogP contribution in [-0.2, 0) is 1.41 Å². The average Bonchev–Trinajstić information content (AvgIpc) is 1.37. The fourth-order valence-corrected chi connectivity index (χ4v) is 0. The molecule has 4 heteroatoms. The monoisotopic (exact) mass is 292 g/mol. The van der Waals surface area contributed by atoms with Gasteiger partial charge in [0.05, 0.1) is 0 Å². The summed E-state index contributed by atoms with van der Waals surface area (Å²) in [5.74, 6) is 0. The molecule has 0 aromatic rings. The van der Waals surface area contributed by atoms with Gasteiger partial charge in [-0.25, -0.2) is 0 Å². The van der Waals surface area contributed by atoms with Crippen LogP contribution in [0.4, 0.5) is 0 Å². The second kappa shape index (κ2) is 4.85. The van der Waals surface area contributed by atoms with Gasteiger partial charge in [-0.05, 0) is 0 Å². The van der Waals surface area contributed by atoms with Crippen LogP contribution in [0.3, 0.4) is 0 Å². The fourth-order valence-electron chi connectivity index (χ4n) is 0. The fraction of sp³-hybridized carbons (Fsp3) is 0. The van der Waals surface area contributed by atoms with Crippen molar-refractivity contribution in [3.63, 3.8) is 0 Å². The van der Waals surface area contributed by atoms with E-state index in [1.807, 2.05) is 0 Å². The minimum atomic E-state index is -0.746. The zero-order chi connectivity index (χ0) is 3.41. The Morgan fingerprint density at radius 3 is 2.25 bits per heavy atom. The number of rotatable bonds is 1. The Balaban J connectivity index is 1.97. The molecule has 0 aliphatic heterocycles. The first-order valence-corrected chi connectivity index (χ1v) is 6.75. The molecule has 0 aromatic carbocycles. The molecule has 0 atom stereocenters.